The molecule has 1 aromatic heterocycles. The van der Waals surface area contributed by atoms with Gasteiger partial charge in [-0.2, -0.15) is 0 Å². The zero-order chi connectivity index (χ0) is 10.8. The second-order valence-corrected chi connectivity index (χ2v) is 4.13. The molecule has 15 heavy (non-hydrogen) atoms. The molecule has 0 amide bonds. The number of aromatic amines is 1. The molecule has 1 aromatic rings. The van der Waals surface area contributed by atoms with Crippen molar-refractivity contribution in [3.8, 4) is 0 Å². The van der Waals surface area contributed by atoms with E-state index >= 15 is 0 Å². The smallest absolute Gasteiger partial charge is 0.271 e. The van der Waals surface area contributed by atoms with Crippen LogP contribution in [0.3, 0.4) is 0 Å². The van der Waals surface area contributed by atoms with Gasteiger partial charge in [-0.05, 0) is 25.6 Å². The van der Waals surface area contributed by atoms with E-state index in [9.17, 15) is 4.79 Å². The van der Waals surface area contributed by atoms with Crippen LogP contribution in [0.1, 0.15) is 5.56 Å². The number of nitrogens with one attached hydrogen (secondary N) is 1. The van der Waals surface area contributed by atoms with Gasteiger partial charge < -0.3 is 14.8 Å². The highest BCUT2D eigenvalue weighted by Crippen LogP contribution is 2.15. The Labute approximate surface area is 89.5 Å². The van der Waals surface area contributed by atoms with Crippen molar-refractivity contribution in [3.63, 3.8) is 0 Å². The van der Waals surface area contributed by atoms with Gasteiger partial charge in [-0.3, -0.25) is 4.79 Å². The van der Waals surface area contributed by atoms with Gasteiger partial charge in [0.15, 0.2) is 0 Å². The van der Waals surface area contributed by atoms with Gasteiger partial charge >= 0.3 is 0 Å². The number of hydrogen-bond acceptors (Lipinski definition) is 3. The molecule has 0 bridgehead atoms. The van der Waals surface area contributed by atoms with Crippen LogP contribution in [-0.4, -0.2) is 43.1 Å². The maximum Gasteiger partial charge on any atom is 0.271 e. The fourth-order valence-corrected chi connectivity index (χ4v) is 1.99. The maximum absolute atomic E-state index is 11.7. The molecule has 2 heterocycles. The monoisotopic (exact) mass is 207 g/mol. The molecule has 4 nitrogen and oxygen atoms in total. The van der Waals surface area contributed by atoms with Crippen LogP contribution >= 0.6 is 0 Å². The van der Waals surface area contributed by atoms with E-state index in [2.05, 4.69) is 21.8 Å². The van der Waals surface area contributed by atoms with Gasteiger partial charge in [0.2, 0.25) is 0 Å². The van der Waals surface area contributed by atoms with E-state index in [1.165, 1.54) is 0 Å². The lowest BCUT2D eigenvalue weighted by Gasteiger charge is -2.34. The highest BCUT2D eigenvalue weighted by atomic mass is 16.1. The molecular formula is C11H17N3O. The minimum Gasteiger partial charge on any atom is -0.364 e. The van der Waals surface area contributed by atoms with Crippen molar-refractivity contribution in [2.75, 3.05) is 38.1 Å². The van der Waals surface area contributed by atoms with Crippen molar-refractivity contribution < 1.29 is 0 Å². The quantitative estimate of drug-likeness (QED) is 0.726. The molecule has 0 radical (unpaired) electrons. The van der Waals surface area contributed by atoms with E-state index in [1.54, 1.807) is 6.20 Å². The van der Waals surface area contributed by atoms with Crippen molar-refractivity contribution in [1.82, 2.24) is 9.88 Å². The number of aryl methyl sites for hydroxylation is 1. The summed E-state index contributed by atoms with van der Waals surface area (Å²) in [5, 5.41) is 0. The predicted octanol–water partition coefficient (Wildman–Crippen LogP) is 0.435. The summed E-state index contributed by atoms with van der Waals surface area (Å²) in [7, 11) is 2.11. The van der Waals surface area contributed by atoms with E-state index in [1.807, 2.05) is 13.0 Å². The second kappa shape index (κ2) is 4.06. The number of likely N-dealkylation sites (N-methyl/N-ethyl adjacent to an activating group) is 1. The first-order valence-electron chi connectivity index (χ1n) is 5.30. The third-order valence-electron chi connectivity index (χ3n) is 2.96. The van der Waals surface area contributed by atoms with Crippen molar-refractivity contribution in [2.45, 2.75) is 6.92 Å². The van der Waals surface area contributed by atoms with Crippen LogP contribution in [0, 0.1) is 6.92 Å². The molecular weight excluding hydrogens is 190 g/mol. The average molecular weight is 207 g/mol. The highest BCUT2D eigenvalue weighted by molar-refractivity contribution is 5.51. The largest absolute Gasteiger partial charge is 0.364 e. The van der Waals surface area contributed by atoms with Gasteiger partial charge in [-0.25, -0.2) is 0 Å². The highest BCUT2D eigenvalue weighted by Gasteiger charge is 2.17. The van der Waals surface area contributed by atoms with E-state index < -0.39 is 0 Å². The Morgan fingerprint density at radius 1 is 1.27 bits per heavy atom. The minimum atomic E-state index is 0.0274. The summed E-state index contributed by atoms with van der Waals surface area (Å²) < 4.78 is 0. The first-order valence-corrected chi connectivity index (χ1v) is 5.30. The van der Waals surface area contributed by atoms with Crippen LogP contribution in [0.15, 0.2) is 17.1 Å². The minimum absolute atomic E-state index is 0.0274. The molecule has 0 saturated carbocycles. The molecule has 0 unspecified atom stereocenters. The first-order chi connectivity index (χ1) is 7.18. The molecule has 0 spiro atoms. The summed E-state index contributed by atoms with van der Waals surface area (Å²) in [6, 6.07) is 1.95. The molecule has 0 aromatic carbocycles. The summed E-state index contributed by atoms with van der Waals surface area (Å²) in [6.07, 6.45) is 1.71. The van der Waals surface area contributed by atoms with Crippen LogP contribution in [-0.2, 0) is 0 Å². The third kappa shape index (κ3) is 2.04. The Morgan fingerprint density at radius 2 is 1.93 bits per heavy atom. The molecule has 1 aliphatic rings. The van der Waals surface area contributed by atoms with Gasteiger partial charge in [0.25, 0.3) is 5.56 Å². The van der Waals surface area contributed by atoms with E-state index in [0.717, 1.165) is 37.4 Å². The number of H-pyrrole nitrogens is 1. The lowest BCUT2D eigenvalue weighted by molar-refractivity contribution is 0.312. The van der Waals surface area contributed by atoms with Crippen LogP contribution < -0.4 is 10.5 Å². The predicted molar refractivity (Wildman–Crippen MR) is 61.5 cm³/mol. The summed E-state index contributed by atoms with van der Waals surface area (Å²) >= 11 is 0. The Kier molecular flexibility index (Phi) is 2.77. The van der Waals surface area contributed by atoms with Crippen molar-refractivity contribution in [3.05, 3.63) is 28.2 Å². The Bertz CT molecular complexity index is 391. The normalized spacial score (nSPS) is 18.1. The van der Waals surface area contributed by atoms with Crippen LogP contribution in [0.25, 0.3) is 0 Å². The molecule has 1 fully saturated rings. The van der Waals surface area contributed by atoms with Gasteiger partial charge in [0.05, 0.1) is 0 Å². The topological polar surface area (TPSA) is 39.3 Å². The van der Waals surface area contributed by atoms with Gasteiger partial charge in [-0.15, -0.1) is 0 Å². The Balaban J connectivity index is 2.26. The fourth-order valence-electron chi connectivity index (χ4n) is 1.99. The van der Waals surface area contributed by atoms with Crippen LogP contribution in [0.5, 0.6) is 0 Å². The third-order valence-corrected chi connectivity index (χ3v) is 2.96. The lowest BCUT2D eigenvalue weighted by Crippen LogP contribution is -2.46. The Hall–Kier alpha value is -1.29. The van der Waals surface area contributed by atoms with Crippen molar-refractivity contribution in [1.29, 1.82) is 0 Å². The lowest BCUT2D eigenvalue weighted by atomic mass is 10.2. The van der Waals surface area contributed by atoms with E-state index in [-0.39, 0.29) is 5.56 Å². The number of piperazine rings is 1. The second-order valence-electron chi connectivity index (χ2n) is 4.13. The molecule has 1 saturated heterocycles. The van der Waals surface area contributed by atoms with E-state index in [4.69, 9.17) is 0 Å². The number of pyridine rings is 1. The fraction of sp³-hybridized carbons (Fsp3) is 0.545. The number of nitrogens with zero attached hydrogens (tertiary/aromatic N) is 2. The number of anilines is 1. The molecule has 4 heteroatoms. The standard InChI is InChI=1S/C11H17N3O/c1-9-3-4-12-11(15)10(9)14-7-5-13(2)6-8-14/h3-4H,5-8H2,1-2H3,(H,12,15). The van der Waals surface area contributed by atoms with Crippen LogP contribution in [0.2, 0.25) is 0 Å². The summed E-state index contributed by atoms with van der Waals surface area (Å²) in [5.74, 6) is 0. The Morgan fingerprint density at radius 3 is 2.53 bits per heavy atom. The van der Waals surface area contributed by atoms with Gasteiger partial charge in [0.1, 0.15) is 5.69 Å². The average Bonchev–Trinajstić information content (AvgIpc) is 2.20. The first kappa shape index (κ1) is 10.2. The van der Waals surface area contributed by atoms with Gasteiger partial charge in [-0.1, -0.05) is 0 Å². The van der Waals surface area contributed by atoms with Crippen molar-refractivity contribution in [2.24, 2.45) is 0 Å². The molecule has 1 aliphatic heterocycles. The number of rotatable bonds is 1. The molecule has 0 atom stereocenters. The zero-order valence-corrected chi connectivity index (χ0v) is 9.29. The molecule has 1 N–H and O–H groups in total. The van der Waals surface area contributed by atoms with Crippen LogP contribution in [0.4, 0.5) is 5.69 Å². The molecule has 2 rings (SSSR count). The molecule has 0 aliphatic carbocycles. The van der Waals surface area contributed by atoms with Crippen molar-refractivity contribution >= 4 is 5.69 Å². The molecule has 82 valence electrons. The summed E-state index contributed by atoms with van der Waals surface area (Å²) in [4.78, 5) is 18.9. The summed E-state index contributed by atoms with van der Waals surface area (Å²) in [6.45, 7) is 5.90. The number of aromatic nitrogens is 1. The SMILES string of the molecule is Cc1cc[nH]c(=O)c1N1CCN(C)CC1. The summed E-state index contributed by atoms with van der Waals surface area (Å²) in [5.41, 5.74) is 1.92. The van der Waals surface area contributed by atoms with E-state index in [0.29, 0.717) is 0 Å². The maximum atomic E-state index is 11.7. The number of hydrogen-bond donors (Lipinski definition) is 1. The van der Waals surface area contributed by atoms with Gasteiger partial charge in [0, 0.05) is 32.4 Å². The zero-order valence-electron chi connectivity index (χ0n) is 9.29.